The highest BCUT2D eigenvalue weighted by molar-refractivity contribution is 5.99. The van der Waals surface area contributed by atoms with Crippen molar-refractivity contribution in [3.05, 3.63) is 59.7 Å². The maximum atomic E-state index is 13.1. The summed E-state index contributed by atoms with van der Waals surface area (Å²) in [5, 5.41) is 2.94. The number of para-hydroxylation sites is 2. The number of amides is 3. The molecule has 2 unspecified atom stereocenters. The average Bonchev–Trinajstić information content (AvgIpc) is 2.87. The molecule has 3 N–H and O–H groups in total. The smallest absolute Gasteiger partial charge is 0.261 e. The molecule has 7 nitrogen and oxygen atoms in total. The van der Waals surface area contributed by atoms with Crippen LogP contribution in [0.4, 0.5) is 5.69 Å². The highest BCUT2D eigenvalue weighted by Gasteiger charge is 2.36. The SMILES string of the molecule is CCC(C)C1C(=O)Nc2ccccc2CN1C(=O)COc1ccccc1C(N)=O. The van der Waals surface area contributed by atoms with E-state index in [0.717, 1.165) is 12.0 Å². The molecule has 29 heavy (non-hydrogen) atoms. The Kier molecular flexibility index (Phi) is 6.16. The zero-order valence-electron chi connectivity index (χ0n) is 16.6. The Morgan fingerprint density at radius 3 is 2.62 bits per heavy atom. The molecule has 0 radical (unpaired) electrons. The van der Waals surface area contributed by atoms with Gasteiger partial charge in [0.15, 0.2) is 6.61 Å². The number of primary amides is 1. The highest BCUT2D eigenvalue weighted by atomic mass is 16.5. The molecule has 0 bridgehead atoms. The second-order valence-electron chi connectivity index (χ2n) is 7.15. The van der Waals surface area contributed by atoms with Crippen LogP contribution in [0.25, 0.3) is 0 Å². The standard InChI is InChI=1S/C22H25N3O4/c1-3-14(2)20-22(28)24-17-10-6-4-8-15(17)12-25(20)19(26)13-29-18-11-7-5-9-16(18)21(23)27/h4-11,14,20H,3,12-13H2,1-2H3,(H2,23,27)(H,24,28). The minimum Gasteiger partial charge on any atom is -0.483 e. The van der Waals surface area contributed by atoms with E-state index in [-0.39, 0.29) is 35.7 Å². The first kappa shape index (κ1) is 20.4. The Morgan fingerprint density at radius 1 is 1.21 bits per heavy atom. The number of nitrogens with one attached hydrogen (secondary N) is 1. The molecule has 7 heteroatoms. The lowest BCUT2D eigenvalue weighted by Crippen LogP contribution is -2.50. The number of ether oxygens (including phenoxy) is 1. The molecule has 1 heterocycles. The van der Waals surface area contributed by atoms with Crippen LogP contribution in [0.3, 0.4) is 0 Å². The van der Waals surface area contributed by atoms with Crippen LogP contribution in [0, 0.1) is 5.92 Å². The minimum absolute atomic E-state index is 0.0360. The van der Waals surface area contributed by atoms with Crippen LogP contribution in [-0.4, -0.2) is 35.3 Å². The number of carbonyl (C=O) groups is 3. The van der Waals surface area contributed by atoms with Gasteiger partial charge in [-0.1, -0.05) is 50.6 Å². The van der Waals surface area contributed by atoms with E-state index in [1.165, 1.54) is 0 Å². The Bertz CT molecular complexity index is 928. The molecule has 0 saturated heterocycles. The summed E-state index contributed by atoms with van der Waals surface area (Å²) in [6.07, 6.45) is 0.740. The Morgan fingerprint density at radius 2 is 1.90 bits per heavy atom. The number of anilines is 1. The minimum atomic E-state index is -0.631. The lowest BCUT2D eigenvalue weighted by atomic mass is 9.96. The van der Waals surface area contributed by atoms with E-state index in [2.05, 4.69) is 5.32 Å². The van der Waals surface area contributed by atoms with Crippen LogP contribution in [0.2, 0.25) is 0 Å². The Balaban J connectivity index is 1.86. The van der Waals surface area contributed by atoms with Crippen molar-refractivity contribution >= 4 is 23.4 Å². The van der Waals surface area contributed by atoms with E-state index in [4.69, 9.17) is 10.5 Å². The highest BCUT2D eigenvalue weighted by Crippen LogP contribution is 2.27. The van der Waals surface area contributed by atoms with Gasteiger partial charge in [-0.25, -0.2) is 0 Å². The van der Waals surface area contributed by atoms with Gasteiger partial charge in [-0.2, -0.15) is 0 Å². The predicted octanol–water partition coefficient (Wildman–Crippen LogP) is 2.56. The van der Waals surface area contributed by atoms with Crippen molar-refractivity contribution in [2.45, 2.75) is 32.9 Å². The third-order valence-corrected chi connectivity index (χ3v) is 5.23. The topological polar surface area (TPSA) is 102 Å². The molecule has 3 amide bonds. The van der Waals surface area contributed by atoms with Crippen molar-refractivity contribution in [3.63, 3.8) is 0 Å². The fourth-order valence-electron chi connectivity index (χ4n) is 3.46. The van der Waals surface area contributed by atoms with Gasteiger partial charge in [0, 0.05) is 12.2 Å². The zero-order valence-corrected chi connectivity index (χ0v) is 16.6. The number of benzene rings is 2. The molecule has 1 aliphatic heterocycles. The molecule has 152 valence electrons. The molecule has 3 rings (SSSR count). The van der Waals surface area contributed by atoms with Crippen molar-refractivity contribution < 1.29 is 19.1 Å². The molecule has 1 aliphatic rings. The average molecular weight is 395 g/mol. The fourth-order valence-corrected chi connectivity index (χ4v) is 3.46. The number of fused-ring (bicyclic) bond motifs is 1. The van der Waals surface area contributed by atoms with Crippen molar-refractivity contribution in [2.75, 3.05) is 11.9 Å². The molecule has 2 aromatic rings. The van der Waals surface area contributed by atoms with E-state index in [0.29, 0.717) is 12.2 Å². The van der Waals surface area contributed by atoms with E-state index < -0.39 is 11.9 Å². The van der Waals surface area contributed by atoms with E-state index in [9.17, 15) is 14.4 Å². The first-order valence-electron chi connectivity index (χ1n) is 9.62. The normalized spacial score (nSPS) is 17.0. The van der Waals surface area contributed by atoms with Gasteiger partial charge in [0.1, 0.15) is 11.8 Å². The number of nitrogens with zero attached hydrogens (tertiary/aromatic N) is 1. The second kappa shape index (κ2) is 8.77. The van der Waals surface area contributed by atoms with Gasteiger partial charge in [0.2, 0.25) is 5.91 Å². The monoisotopic (exact) mass is 395 g/mol. The van der Waals surface area contributed by atoms with Crippen LogP contribution < -0.4 is 15.8 Å². The van der Waals surface area contributed by atoms with Crippen molar-refractivity contribution in [2.24, 2.45) is 11.7 Å². The summed E-state index contributed by atoms with van der Waals surface area (Å²) in [7, 11) is 0. The summed E-state index contributed by atoms with van der Waals surface area (Å²) in [5.74, 6) is -0.968. The summed E-state index contributed by atoms with van der Waals surface area (Å²) in [4.78, 5) is 39.1. The molecule has 0 aromatic heterocycles. The van der Waals surface area contributed by atoms with E-state index in [1.54, 1.807) is 29.2 Å². The third kappa shape index (κ3) is 4.39. The van der Waals surface area contributed by atoms with Crippen LogP contribution in [0.1, 0.15) is 36.2 Å². The quantitative estimate of drug-likeness (QED) is 0.785. The van der Waals surface area contributed by atoms with Gasteiger partial charge >= 0.3 is 0 Å². The molecular formula is C22H25N3O4. The summed E-state index contributed by atoms with van der Waals surface area (Å²) in [6.45, 7) is 3.93. The first-order chi connectivity index (χ1) is 13.9. The molecule has 0 aliphatic carbocycles. The number of hydrogen-bond donors (Lipinski definition) is 2. The summed E-state index contributed by atoms with van der Waals surface area (Å²) in [5.41, 5.74) is 7.14. The molecule has 0 spiro atoms. The lowest BCUT2D eigenvalue weighted by molar-refractivity contribution is -0.142. The Hall–Kier alpha value is -3.35. The van der Waals surface area contributed by atoms with Gasteiger partial charge in [-0.05, 0) is 29.7 Å². The summed E-state index contributed by atoms with van der Waals surface area (Å²) < 4.78 is 5.62. The molecule has 0 saturated carbocycles. The molecular weight excluding hydrogens is 370 g/mol. The van der Waals surface area contributed by atoms with Crippen molar-refractivity contribution in [1.29, 1.82) is 0 Å². The number of rotatable bonds is 6. The number of nitrogens with two attached hydrogens (primary N) is 1. The predicted molar refractivity (Wildman–Crippen MR) is 109 cm³/mol. The second-order valence-corrected chi connectivity index (χ2v) is 7.15. The first-order valence-corrected chi connectivity index (χ1v) is 9.62. The Labute approximate surface area is 169 Å². The molecule has 2 atom stereocenters. The van der Waals surface area contributed by atoms with Crippen LogP contribution in [0.15, 0.2) is 48.5 Å². The summed E-state index contributed by atoms with van der Waals surface area (Å²) in [6, 6.07) is 13.3. The summed E-state index contributed by atoms with van der Waals surface area (Å²) >= 11 is 0. The number of hydrogen-bond acceptors (Lipinski definition) is 4. The maximum absolute atomic E-state index is 13.1. The largest absolute Gasteiger partial charge is 0.483 e. The molecule has 0 fully saturated rings. The van der Waals surface area contributed by atoms with Gasteiger partial charge in [-0.15, -0.1) is 0 Å². The molecule has 2 aromatic carbocycles. The van der Waals surface area contributed by atoms with E-state index in [1.807, 2.05) is 38.1 Å². The lowest BCUT2D eigenvalue weighted by Gasteiger charge is -2.32. The van der Waals surface area contributed by atoms with Crippen LogP contribution >= 0.6 is 0 Å². The van der Waals surface area contributed by atoms with Crippen LogP contribution in [0.5, 0.6) is 5.75 Å². The van der Waals surface area contributed by atoms with Crippen LogP contribution in [-0.2, 0) is 16.1 Å². The van der Waals surface area contributed by atoms with Gasteiger partial charge in [0.05, 0.1) is 5.56 Å². The zero-order chi connectivity index (χ0) is 21.0. The van der Waals surface area contributed by atoms with Gasteiger partial charge < -0.3 is 20.7 Å². The number of carbonyl (C=O) groups excluding carboxylic acids is 3. The maximum Gasteiger partial charge on any atom is 0.261 e. The van der Waals surface area contributed by atoms with Gasteiger partial charge in [-0.3, -0.25) is 14.4 Å². The third-order valence-electron chi connectivity index (χ3n) is 5.23. The van der Waals surface area contributed by atoms with Gasteiger partial charge in [0.25, 0.3) is 11.8 Å². The van der Waals surface area contributed by atoms with E-state index >= 15 is 0 Å². The van der Waals surface area contributed by atoms with Crippen molar-refractivity contribution in [3.8, 4) is 5.75 Å². The fraction of sp³-hybridized carbons (Fsp3) is 0.318. The van der Waals surface area contributed by atoms with Crippen molar-refractivity contribution in [1.82, 2.24) is 4.90 Å².